The minimum atomic E-state index is -0.454. The van der Waals surface area contributed by atoms with Crippen molar-refractivity contribution in [3.63, 3.8) is 0 Å². The number of aliphatic hydroxyl groups is 1. The van der Waals surface area contributed by atoms with E-state index >= 15 is 0 Å². The van der Waals surface area contributed by atoms with Crippen molar-refractivity contribution in [2.75, 3.05) is 6.61 Å². The molecule has 0 saturated carbocycles. The molecule has 0 radical (unpaired) electrons. The molecule has 1 N–H and O–H groups in total. The summed E-state index contributed by atoms with van der Waals surface area (Å²) in [6, 6.07) is 3.79. The lowest BCUT2D eigenvalue weighted by Crippen LogP contribution is -2.27. The van der Waals surface area contributed by atoms with E-state index in [1.54, 1.807) is 0 Å². The van der Waals surface area contributed by atoms with Crippen molar-refractivity contribution in [3.8, 4) is 0 Å². The first-order valence-electron chi connectivity index (χ1n) is 4.67. The Balaban J connectivity index is 2.43. The third kappa shape index (κ3) is 3.58. The molecule has 0 aliphatic rings. The number of halogens is 1. The molecule has 2 nitrogen and oxygen atoms in total. The first-order chi connectivity index (χ1) is 6.63. The van der Waals surface area contributed by atoms with Crippen LogP contribution in [0.2, 0.25) is 4.34 Å². The van der Waals surface area contributed by atoms with E-state index in [-0.39, 0.29) is 6.10 Å². The fourth-order valence-corrected chi connectivity index (χ4v) is 2.34. The number of hydrogen-bond acceptors (Lipinski definition) is 3. The smallest absolute Gasteiger partial charge is 0.0931 e. The van der Waals surface area contributed by atoms with Crippen LogP contribution in [0, 0.1) is 0 Å². The van der Waals surface area contributed by atoms with Gasteiger partial charge in [-0.2, -0.15) is 0 Å². The molecule has 2 unspecified atom stereocenters. The van der Waals surface area contributed by atoms with Crippen LogP contribution in [0.25, 0.3) is 0 Å². The Morgan fingerprint density at radius 2 is 2.29 bits per heavy atom. The molecule has 0 fully saturated rings. The molecule has 1 aromatic rings. The summed E-state index contributed by atoms with van der Waals surface area (Å²) in [5.74, 6) is 0. The number of thiophene rings is 1. The van der Waals surface area contributed by atoms with Gasteiger partial charge in [-0.25, -0.2) is 0 Å². The molecule has 80 valence electrons. The lowest BCUT2D eigenvalue weighted by Gasteiger charge is -2.17. The highest BCUT2D eigenvalue weighted by Crippen LogP contribution is 2.23. The van der Waals surface area contributed by atoms with Gasteiger partial charge in [0.15, 0.2) is 0 Å². The Kier molecular flexibility index (Phi) is 4.89. The average Bonchev–Trinajstić information content (AvgIpc) is 2.51. The maximum absolute atomic E-state index is 9.75. The van der Waals surface area contributed by atoms with E-state index in [9.17, 15) is 5.11 Å². The lowest BCUT2D eigenvalue weighted by molar-refractivity contribution is -0.0204. The van der Waals surface area contributed by atoms with Crippen molar-refractivity contribution < 1.29 is 9.84 Å². The van der Waals surface area contributed by atoms with E-state index in [1.165, 1.54) is 11.3 Å². The van der Waals surface area contributed by atoms with Crippen LogP contribution in [0.3, 0.4) is 0 Å². The monoisotopic (exact) mass is 234 g/mol. The van der Waals surface area contributed by atoms with Gasteiger partial charge in [0.25, 0.3) is 0 Å². The first kappa shape index (κ1) is 12.0. The Labute approximate surface area is 93.5 Å². The van der Waals surface area contributed by atoms with Gasteiger partial charge < -0.3 is 9.84 Å². The average molecular weight is 235 g/mol. The van der Waals surface area contributed by atoms with E-state index in [0.29, 0.717) is 13.0 Å². The van der Waals surface area contributed by atoms with Crippen molar-refractivity contribution in [3.05, 3.63) is 21.3 Å². The van der Waals surface area contributed by atoms with Gasteiger partial charge in [-0.15, -0.1) is 11.3 Å². The maximum Gasteiger partial charge on any atom is 0.0931 e. The van der Waals surface area contributed by atoms with Crippen LogP contribution >= 0.6 is 22.9 Å². The molecule has 0 amide bonds. The summed E-state index contributed by atoms with van der Waals surface area (Å²) in [4.78, 5) is 1.09. The standard InChI is InChI=1S/C10H15ClO2S/c1-3-13-7(2)9(12)6-8-4-5-10(11)14-8/h4-5,7,9,12H,3,6H2,1-2H3. The minimum absolute atomic E-state index is 0.124. The topological polar surface area (TPSA) is 29.5 Å². The highest BCUT2D eigenvalue weighted by atomic mass is 35.5. The molecule has 0 aliphatic heterocycles. The van der Waals surface area contributed by atoms with Gasteiger partial charge >= 0.3 is 0 Å². The van der Waals surface area contributed by atoms with Crippen molar-refractivity contribution >= 4 is 22.9 Å². The number of rotatable bonds is 5. The van der Waals surface area contributed by atoms with Crippen LogP contribution in [0.4, 0.5) is 0 Å². The van der Waals surface area contributed by atoms with Gasteiger partial charge in [0.05, 0.1) is 16.5 Å². The second-order valence-electron chi connectivity index (χ2n) is 3.14. The van der Waals surface area contributed by atoms with E-state index in [1.807, 2.05) is 26.0 Å². The molecule has 1 heterocycles. The third-order valence-corrected chi connectivity index (χ3v) is 3.26. The van der Waals surface area contributed by atoms with Crippen LogP contribution in [0.1, 0.15) is 18.7 Å². The predicted molar refractivity (Wildman–Crippen MR) is 60.1 cm³/mol. The summed E-state index contributed by atoms with van der Waals surface area (Å²) >= 11 is 7.29. The Hall–Kier alpha value is -0.0900. The number of aliphatic hydroxyl groups excluding tert-OH is 1. The summed E-state index contributed by atoms with van der Waals surface area (Å²) < 4.78 is 6.06. The van der Waals surface area contributed by atoms with Crippen LogP contribution < -0.4 is 0 Å². The summed E-state index contributed by atoms with van der Waals surface area (Å²) in [7, 11) is 0. The molecule has 4 heteroatoms. The number of ether oxygens (including phenoxy) is 1. The molecular formula is C10H15ClO2S. The van der Waals surface area contributed by atoms with E-state index in [2.05, 4.69) is 0 Å². The van der Waals surface area contributed by atoms with Crippen LogP contribution in [-0.4, -0.2) is 23.9 Å². The van der Waals surface area contributed by atoms with E-state index < -0.39 is 6.10 Å². The van der Waals surface area contributed by atoms with E-state index in [0.717, 1.165) is 9.21 Å². The van der Waals surface area contributed by atoms with Crippen LogP contribution in [0.5, 0.6) is 0 Å². The summed E-state index contributed by atoms with van der Waals surface area (Å²) in [6.45, 7) is 4.43. The Bertz CT molecular complexity index is 275. The summed E-state index contributed by atoms with van der Waals surface area (Å²) in [5.41, 5.74) is 0. The zero-order valence-corrected chi connectivity index (χ0v) is 9.94. The molecule has 1 rings (SSSR count). The normalized spacial score (nSPS) is 15.4. The largest absolute Gasteiger partial charge is 0.390 e. The van der Waals surface area contributed by atoms with Crippen LogP contribution in [0.15, 0.2) is 12.1 Å². The van der Waals surface area contributed by atoms with Gasteiger partial charge in [-0.05, 0) is 26.0 Å². The van der Waals surface area contributed by atoms with Gasteiger partial charge in [-0.3, -0.25) is 0 Å². The molecule has 0 spiro atoms. The molecule has 0 saturated heterocycles. The first-order valence-corrected chi connectivity index (χ1v) is 5.86. The zero-order chi connectivity index (χ0) is 10.6. The fraction of sp³-hybridized carbons (Fsp3) is 0.600. The second-order valence-corrected chi connectivity index (χ2v) is 4.94. The third-order valence-electron chi connectivity index (χ3n) is 2.01. The van der Waals surface area contributed by atoms with Crippen molar-refractivity contribution in [2.24, 2.45) is 0 Å². The van der Waals surface area contributed by atoms with Crippen molar-refractivity contribution in [2.45, 2.75) is 32.5 Å². The molecule has 2 atom stereocenters. The lowest BCUT2D eigenvalue weighted by atomic mass is 10.1. The highest BCUT2D eigenvalue weighted by Gasteiger charge is 2.15. The molecule has 14 heavy (non-hydrogen) atoms. The van der Waals surface area contributed by atoms with Gasteiger partial charge in [0.1, 0.15) is 0 Å². The van der Waals surface area contributed by atoms with Crippen LogP contribution in [-0.2, 0) is 11.2 Å². The van der Waals surface area contributed by atoms with Gasteiger partial charge in [-0.1, -0.05) is 11.6 Å². The van der Waals surface area contributed by atoms with Gasteiger partial charge in [0, 0.05) is 17.9 Å². The minimum Gasteiger partial charge on any atom is -0.390 e. The summed E-state index contributed by atoms with van der Waals surface area (Å²) in [6.07, 6.45) is 0.0315. The molecule has 0 aliphatic carbocycles. The molecule has 0 aromatic carbocycles. The molecular weight excluding hydrogens is 220 g/mol. The van der Waals surface area contributed by atoms with Crippen molar-refractivity contribution in [1.29, 1.82) is 0 Å². The Morgan fingerprint density at radius 1 is 1.57 bits per heavy atom. The fourth-order valence-electron chi connectivity index (χ4n) is 1.21. The second kappa shape index (κ2) is 5.71. The summed E-state index contributed by atoms with van der Waals surface area (Å²) in [5, 5.41) is 9.75. The number of hydrogen-bond donors (Lipinski definition) is 1. The zero-order valence-electron chi connectivity index (χ0n) is 8.37. The highest BCUT2D eigenvalue weighted by molar-refractivity contribution is 7.16. The van der Waals surface area contributed by atoms with Crippen molar-refractivity contribution in [1.82, 2.24) is 0 Å². The molecule has 1 aromatic heterocycles. The Morgan fingerprint density at radius 3 is 2.79 bits per heavy atom. The predicted octanol–water partition coefficient (Wildman–Crippen LogP) is 2.73. The van der Waals surface area contributed by atoms with E-state index in [4.69, 9.17) is 16.3 Å². The van der Waals surface area contributed by atoms with Gasteiger partial charge in [0.2, 0.25) is 0 Å². The quantitative estimate of drug-likeness (QED) is 0.849. The maximum atomic E-state index is 9.75. The molecule has 0 bridgehead atoms. The SMILES string of the molecule is CCOC(C)C(O)Cc1ccc(Cl)s1.